The van der Waals surface area contributed by atoms with E-state index in [0.717, 1.165) is 37.4 Å². The predicted octanol–water partition coefficient (Wildman–Crippen LogP) is 3.82. The Balaban J connectivity index is 1.44. The van der Waals surface area contributed by atoms with E-state index in [4.69, 9.17) is 4.74 Å². The topological polar surface area (TPSA) is 86.0 Å². The maximum Gasteiger partial charge on any atom is 0.324 e. The summed E-state index contributed by atoms with van der Waals surface area (Å²) in [6.07, 6.45) is 3.47. The van der Waals surface area contributed by atoms with Gasteiger partial charge in [0, 0.05) is 25.0 Å². The number of carbonyl (C=O) groups excluding carboxylic acids is 1. The van der Waals surface area contributed by atoms with Crippen molar-refractivity contribution < 1.29 is 13.9 Å². The molecule has 29 heavy (non-hydrogen) atoms. The first-order valence-corrected chi connectivity index (χ1v) is 9.54. The number of amides is 2. The van der Waals surface area contributed by atoms with E-state index in [-0.39, 0.29) is 11.9 Å². The third kappa shape index (κ3) is 4.14. The molecule has 3 heterocycles. The van der Waals surface area contributed by atoms with Crippen molar-refractivity contribution >= 4 is 17.5 Å². The van der Waals surface area contributed by atoms with Crippen LogP contribution in [0.3, 0.4) is 0 Å². The molecule has 152 valence electrons. The molecule has 2 N–H and O–H groups in total. The van der Waals surface area contributed by atoms with E-state index in [1.165, 1.54) is 12.1 Å². The zero-order valence-corrected chi connectivity index (χ0v) is 16.4. The maximum absolute atomic E-state index is 13.5. The summed E-state index contributed by atoms with van der Waals surface area (Å²) in [4.78, 5) is 12.4. The highest BCUT2D eigenvalue weighted by atomic mass is 19.1. The lowest BCUT2D eigenvalue weighted by Crippen LogP contribution is -2.22. The Morgan fingerprint density at radius 1 is 1.21 bits per heavy atom. The number of halogens is 1. The van der Waals surface area contributed by atoms with Gasteiger partial charge in [0.15, 0.2) is 5.82 Å². The smallest absolute Gasteiger partial charge is 0.324 e. The second-order valence-electron chi connectivity index (χ2n) is 7.07. The lowest BCUT2D eigenvalue weighted by Gasteiger charge is -2.23. The van der Waals surface area contributed by atoms with Crippen molar-refractivity contribution in [2.24, 2.45) is 0 Å². The summed E-state index contributed by atoms with van der Waals surface area (Å²) < 4.78 is 22.4. The third-order valence-electron chi connectivity index (χ3n) is 5.01. The van der Waals surface area contributed by atoms with Crippen LogP contribution in [0.15, 0.2) is 36.5 Å². The van der Waals surface area contributed by atoms with Crippen LogP contribution in [0.1, 0.15) is 30.3 Å². The summed E-state index contributed by atoms with van der Waals surface area (Å²) in [7, 11) is 0. The quantitative estimate of drug-likeness (QED) is 0.700. The Bertz CT molecular complexity index is 1020. The van der Waals surface area contributed by atoms with Crippen LogP contribution in [0.5, 0.6) is 0 Å². The highest BCUT2D eigenvalue weighted by Gasteiger charge is 2.20. The number of carbonyl (C=O) groups is 1. The zero-order valence-electron chi connectivity index (χ0n) is 16.4. The molecule has 2 aromatic heterocycles. The Morgan fingerprint density at radius 3 is 2.76 bits per heavy atom. The van der Waals surface area contributed by atoms with E-state index in [1.807, 2.05) is 18.5 Å². The molecule has 0 spiro atoms. The molecular weight excluding hydrogens is 375 g/mol. The predicted molar refractivity (Wildman–Crippen MR) is 107 cm³/mol. The van der Waals surface area contributed by atoms with Crippen LogP contribution < -0.4 is 10.6 Å². The lowest BCUT2D eigenvalue weighted by atomic mass is 10.1. The van der Waals surface area contributed by atoms with Gasteiger partial charge in [-0.3, -0.25) is 10.00 Å². The fourth-order valence-electron chi connectivity index (χ4n) is 3.52. The number of urea groups is 1. The largest absolute Gasteiger partial charge is 0.381 e. The van der Waals surface area contributed by atoms with Gasteiger partial charge in [0.25, 0.3) is 0 Å². The van der Waals surface area contributed by atoms with Crippen LogP contribution in [0.2, 0.25) is 0 Å². The summed E-state index contributed by atoms with van der Waals surface area (Å²) in [6.45, 7) is 5.21. The van der Waals surface area contributed by atoms with E-state index in [2.05, 4.69) is 20.8 Å². The fourth-order valence-corrected chi connectivity index (χ4v) is 3.52. The second kappa shape index (κ2) is 8.04. The van der Waals surface area contributed by atoms with Crippen LogP contribution in [0, 0.1) is 19.7 Å². The molecule has 1 aliphatic rings. The van der Waals surface area contributed by atoms with Gasteiger partial charge in [0.1, 0.15) is 5.82 Å². The maximum atomic E-state index is 13.5. The first-order chi connectivity index (χ1) is 14.0. The number of anilines is 2. The number of rotatable bonds is 4. The first-order valence-electron chi connectivity index (χ1n) is 9.54. The van der Waals surface area contributed by atoms with Gasteiger partial charge in [0.05, 0.1) is 29.3 Å². The van der Waals surface area contributed by atoms with Crippen LogP contribution >= 0.6 is 0 Å². The zero-order chi connectivity index (χ0) is 20.4. The normalized spacial score (nSPS) is 14.7. The molecule has 3 aromatic rings. The highest BCUT2D eigenvalue weighted by molar-refractivity contribution is 5.99. The number of aromatic nitrogens is 4. The third-order valence-corrected chi connectivity index (χ3v) is 5.01. The van der Waals surface area contributed by atoms with E-state index in [9.17, 15) is 9.18 Å². The van der Waals surface area contributed by atoms with Crippen LogP contribution in [0.25, 0.3) is 5.69 Å². The van der Waals surface area contributed by atoms with Gasteiger partial charge < -0.3 is 10.1 Å². The number of nitrogens with zero attached hydrogens (tertiary/aromatic N) is 4. The molecule has 1 fully saturated rings. The van der Waals surface area contributed by atoms with Crippen molar-refractivity contribution in [2.45, 2.75) is 32.7 Å². The number of hydrogen-bond donors (Lipinski definition) is 2. The van der Waals surface area contributed by atoms with E-state index >= 15 is 0 Å². The van der Waals surface area contributed by atoms with Gasteiger partial charge in [0.2, 0.25) is 0 Å². The Labute approximate surface area is 167 Å². The van der Waals surface area contributed by atoms with Gasteiger partial charge in [-0.15, -0.1) is 5.10 Å². The van der Waals surface area contributed by atoms with Crippen molar-refractivity contribution in [3.05, 3.63) is 53.7 Å². The summed E-state index contributed by atoms with van der Waals surface area (Å²) >= 11 is 0. The molecule has 4 rings (SSSR count). The van der Waals surface area contributed by atoms with E-state index in [1.54, 1.807) is 29.1 Å². The molecule has 0 radical (unpaired) electrons. The van der Waals surface area contributed by atoms with Crippen LogP contribution in [-0.4, -0.2) is 38.8 Å². The van der Waals surface area contributed by atoms with Gasteiger partial charge in [-0.1, -0.05) is 6.07 Å². The summed E-state index contributed by atoms with van der Waals surface area (Å²) in [6, 6.07) is 7.72. The molecule has 0 unspecified atom stereocenters. The molecular formula is C20H23FN6O2. The molecule has 2 amide bonds. The van der Waals surface area contributed by atoms with Crippen molar-refractivity contribution in [1.82, 2.24) is 19.6 Å². The monoisotopic (exact) mass is 398 g/mol. The minimum atomic E-state index is -0.413. The number of benzene rings is 1. The standard InChI is InChI=1S/C20H23FN6O2/c1-13-10-19(25-26(13)17-5-3-4-15(21)11-17)24-20(28)23-18-12-22-27(14(18)2)16-6-8-29-9-7-16/h3-5,10-12,16H,6-9H2,1-2H3,(H2,23,24,25,28). The number of aryl methyl sites for hydroxylation is 1. The van der Waals surface area contributed by atoms with Crippen molar-refractivity contribution in [3.8, 4) is 5.69 Å². The van der Waals surface area contributed by atoms with E-state index < -0.39 is 6.03 Å². The highest BCUT2D eigenvalue weighted by Crippen LogP contribution is 2.25. The molecule has 0 aliphatic carbocycles. The number of nitrogens with one attached hydrogen (secondary N) is 2. The second-order valence-corrected chi connectivity index (χ2v) is 7.07. The molecule has 9 heteroatoms. The fraction of sp³-hybridized carbons (Fsp3) is 0.350. The minimum absolute atomic E-state index is 0.284. The van der Waals surface area contributed by atoms with Crippen molar-refractivity contribution in [3.63, 3.8) is 0 Å². The lowest BCUT2D eigenvalue weighted by molar-refractivity contribution is 0.0657. The number of ether oxygens (including phenoxy) is 1. The van der Waals surface area contributed by atoms with Gasteiger partial charge in [-0.2, -0.15) is 5.10 Å². The SMILES string of the molecule is Cc1cc(NC(=O)Nc2cnn(C3CCOCC3)c2C)nn1-c1cccc(F)c1. The molecule has 1 aliphatic heterocycles. The van der Waals surface area contributed by atoms with Gasteiger partial charge in [-0.05, 0) is 44.9 Å². The molecule has 0 bridgehead atoms. The minimum Gasteiger partial charge on any atom is -0.381 e. The summed E-state index contributed by atoms with van der Waals surface area (Å²) in [5.41, 5.74) is 2.91. The Kier molecular flexibility index (Phi) is 5.30. The average molecular weight is 398 g/mol. The van der Waals surface area contributed by atoms with Crippen molar-refractivity contribution in [1.29, 1.82) is 0 Å². The van der Waals surface area contributed by atoms with Crippen LogP contribution in [-0.2, 0) is 4.74 Å². The summed E-state index contributed by atoms with van der Waals surface area (Å²) in [5, 5.41) is 14.3. The molecule has 1 saturated heterocycles. The first kappa shape index (κ1) is 19.1. The molecule has 0 saturated carbocycles. The molecule has 0 atom stereocenters. The Hall–Kier alpha value is -3.20. The van der Waals surface area contributed by atoms with Crippen LogP contribution in [0.4, 0.5) is 20.7 Å². The molecule has 8 nitrogen and oxygen atoms in total. The Morgan fingerprint density at radius 2 is 2.00 bits per heavy atom. The van der Waals surface area contributed by atoms with Gasteiger partial charge >= 0.3 is 6.03 Å². The number of hydrogen-bond acceptors (Lipinski definition) is 4. The van der Waals surface area contributed by atoms with Gasteiger partial charge in [-0.25, -0.2) is 13.9 Å². The average Bonchev–Trinajstić information content (AvgIpc) is 3.25. The van der Waals surface area contributed by atoms with Crippen molar-refractivity contribution in [2.75, 3.05) is 23.8 Å². The van der Waals surface area contributed by atoms with E-state index in [0.29, 0.717) is 17.2 Å². The molecule has 1 aromatic carbocycles. The summed E-state index contributed by atoms with van der Waals surface area (Å²) in [5.74, 6) is 0.0282.